The van der Waals surface area contributed by atoms with Gasteiger partial charge in [0.25, 0.3) is 0 Å². The second-order valence-corrected chi connectivity index (χ2v) is 5.62. The summed E-state index contributed by atoms with van der Waals surface area (Å²) < 4.78 is 26.6. The maximum atomic E-state index is 13.7. The number of thiophene rings is 1. The molecule has 0 aliphatic carbocycles. The van der Waals surface area contributed by atoms with Gasteiger partial charge in [-0.2, -0.15) is 0 Å². The minimum Gasteiger partial charge on any atom is -0.309 e. The van der Waals surface area contributed by atoms with Crippen LogP contribution < -0.4 is 5.32 Å². The Morgan fingerprint density at radius 2 is 2.00 bits per heavy atom. The zero-order valence-corrected chi connectivity index (χ0v) is 11.9. The topological polar surface area (TPSA) is 12.0 Å². The van der Waals surface area contributed by atoms with Crippen LogP contribution in [0.25, 0.3) is 10.4 Å². The van der Waals surface area contributed by atoms with E-state index < -0.39 is 11.6 Å². The highest BCUT2D eigenvalue weighted by atomic mass is 32.1. The Balaban J connectivity index is 2.20. The van der Waals surface area contributed by atoms with Crippen LogP contribution >= 0.6 is 11.3 Å². The SMILES string of the molecule is CCCNC(C)c1ccc(-c2ccc(F)cc2F)s1. The van der Waals surface area contributed by atoms with Crippen molar-refractivity contribution >= 4 is 11.3 Å². The third kappa shape index (κ3) is 3.39. The normalized spacial score (nSPS) is 12.6. The van der Waals surface area contributed by atoms with Gasteiger partial charge < -0.3 is 5.32 Å². The van der Waals surface area contributed by atoms with Crippen molar-refractivity contribution in [2.75, 3.05) is 6.54 Å². The van der Waals surface area contributed by atoms with Gasteiger partial charge in [0, 0.05) is 27.4 Å². The van der Waals surface area contributed by atoms with E-state index >= 15 is 0 Å². The second kappa shape index (κ2) is 6.26. The Hall–Kier alpha value is -1.26. The van der Waals surface area contributed by atoms with Gasteiger partial charge >= 0.3 is 0 Å². The van der Waals surface area contributed by atoms with Crippen LogP contribution in [-0.2, 0) is 0 Å². The molecule has 1 aromatic heterocycles. The van der Waals surface area contributed by atoms with Crippen molar-refractivity contribution in [1.29, 1.82) is 0 Å². The molecule has 19 heavy (non-hydrogen) atoms. The average Bonchev–Trinajstić information content (AvgIpc) is 2.85. The van der Waals surface area contributed by atoms with Crippen molar-refractivity contribution < 1.29 is 8.78 Å². The largest absolute Gasteiger partial charge is 0.309 e. The van der Waals surface area contributed by atoms with Gasteiger partial charge in [-0.15, -0.1) is 11.3 Å². The van der Waals surface area contributed by atoms with E-state index in [-0.39, 0.29) is 6.04 Å². The van der Waals surface area contributed by atoms with Gasteiger partial charge in [-0.1, -0.05) is 6.92 Å². The smallest absolute Gasteiger partial charge is 0.134 e. The molecule has 0 fully saturated rings. The van der Waals surface area contributed by atoms with Gasteiger partial charge in [-0.25, -0.2) is 8.78 Å². The minimum absolute atomic E-state index is 0.252. The lowest BCUT2D eigenvalue weighted by Gasteiger charge is -2.10. The molecule has 0 aliphatic rings. The van der Waals surface area contributed by atoms with Gasteiger partial charge in [-0.3, -0.25) is 0 Å². The zero-order chi connectivity index (χ0) is 13.8. The average molecular weight is 281 g/mol. The zero-order valence-electron chi connectivity index (χ0n) is 11.0. The van der Waals surface area contributed by atoms with Crippen molar-refractivity contribution in [3.8, 4) is 10.4 Å². The number of hydrogen-bond acceptors (Lipinski definition) is 2. The fraction of sp³-hybridized carbons (Fsp3) is 0.333. The van der Waals surface area contributed by atoms with E-state index in [0.29, 0.717) is 5.56 Å². The van der Waals surface area contributed by atoms with E-state index in [1.165, 1.54) is 23.5 Å². The lowest BCUT2D eigenvalue weighted by molar-refractivity contribution is 0.578. The highest BCUT2D eigenvalue weighted by Crippen LogP contribution is 2.33. The molecule has 2 rings (SSSR count). The predicted molar refractivity (Wildman–Crippen MR) is 76.4 cm³/mol. The Labute approximate surface area is 116 Å². The maximum Gasteiger partial charge on any atom is 0.134 e. The van der Waals surface area contributed by atoms with Crippen LogP contribution in [0.15, 0.2) is 30.3 Å². The van der Waals surface area contributed by atoms with Crippen LogP contribution in [0.5, 0.6) is 0 Å². The molecule has 102 valence electrons. The highest BCUT2D eigenvalue weighted by Gasteiger charge is 2.12. The summed E-state index contributed by atoms with van der Waals surface area (Å²) in [5, 5.41) is 3.39. The summed E-state index contributed by atoms with van der Waals surface area (Å²) in [6.07, 6.45) is 1.08. The standard InChI is InChI=1S/C15H17F2NS/c1-3-8-18-10(2)14-6-7-15(19-14)12-5-4-11(16)9-13(12)17/h4-7,9-10,18H,3,8H2,1-2H3. The molecule has 1 unspecified atom stereocenters. The lowest BCUT2D eigenvalue weighted by Crippen LogP contribution is -2.18. The molecule has 4 heteroatoms. The Morgan fingerprint density at radius 1 is 1.21 bits per heavy atom. The Morgan fingerprint density at radius 3 is 2.68 bits per heavy atom. The molecular weight excluding hydrogens is 264 g/mol. The number of halogens is 2. The first-order chi connectivity index (χ1) is 9.11. The molecule has 1 atom stereocenters. The van der Waals surface area contributed by atoms with Crippen molar-refractivity contribution in [3.05, 3.63) is 46.8 Å². The molecule has 1 heterocycles. The molecule has 0 bridgehead atoms. The van der Waals surface area contributed by atoms with Crippen molar-refractivity contribution in [3.63, 3.8) is 0 Å². The highest BCUT2D eigenvalue weighted by molar-refractivity contribution is 7.15. The van der Waals surface area contributed by atoms with Crippen LogP contribution in [0.3, 0.4) is 0 Å². The van der Waals surface area contributed by atoms with Gasteiger partial charge in [-0.05, 0) is 44.2 Å². The van der Waals surface area contributed by atoms with E-state index in [0.717, 1.165) is 28.8 Å². The molecule has 0 radical (unpaired) electrons. The Bertz CT molecular complexity index is 551. The molecular formula is C15H17F2NS. The molecule has 0 spiro atoms. The molecule has 1 aromatic carbocycles. The van der Waals surface area contributed by atoms with Gasteiger partial charge in [0.1, 0.15) is 11.6 Å². The van der Waals surface area contributed by atoms with E-state index in [9.17, 15) is 8.78 Å². The van der Waals surface area contributed by atoms with Crippen molar-refractivity contribution in [2.24, 2.45) is 0 Å². The van der Waals surface area contributed by atoms with Crippen molar-refractivity contribution in [2.45, 2.75) is 26.3 Å². The van der Waals surface area contributed by atoms with Crippen molar-refractivity contribution in [1.82, 2.24) is 5.32 Å². The summed E-state index contributed by atoms with van der Waals surface area (Å²) in [5.74, 6) is -1.06. The van der Waals surface area contributed by atoms with E-state index in [1.54, 1.807) is 0 Å². The summed E-state index contributed by atoms with van der Waals surface area (Å²) in [6, 6.07) is 7.84. The molecule has 1 N–H and O–H groups in total. The fourth-order valence-corrected chi connectivity index (χ4v) is 2.94. The molecule has 0 aliphatic heterocycles. The first kappa shape index (κ1) is 14.2. The second-order valence-electron chi connectivity index (χ2n) is 4.50. The summed E-state index contributed by atoms with van der Waals surface area (Å²) in [5.41, 5.74) is 0.459. The van der Waals surface area contributed by atoms with E-state index in [1.807, 2.05) is 12.1 Å². The van der Waals surface area contributed by atoms with E-state index in [4.69, 9.17) is 0 Å². The van der Waals surface area contributed by atoms with E-state index in [2.05, 4.69) is 19.2 Å². The number of nitrogens with one attached hydrogen (secondary N) is 1. The monoisotopic (exact) mass is 281 g/mol. The van der Waals surface area contributed by atoms with Crippen LogP contribution in [0.2, 0.25) is 0 Å². The maximum absolute atomic E-state index is 13.7. The number of benzene rings is 1. The van der Waals surface area contributed by atoms with Crippen LogP contribution in [0.4, 0.5) is 8.78 Å². The molecule has 0 saturated carbocycles. The summed E-state index contributed by atoms with van der Waals surface area (Å²) >= 11 is 1.54. The van der Waals surface area contributed by atoms with Crippen LogP contribution in [-0.4, -0.2) is 6.54 Å². The third-order valence-electron chi connectivity index (χ3n) is 2.95. The Kier molecular flexibility index (Phi) is 4.66. The predicted octanol–water partition coefficient (Wildman–Crippen LogP) is 4.75. The van der Waals surface area contributed by atoms with Gasteiger partial charge in [0.05, 0.1) is 0 Å². The fourth-order valence-electron chi connectivity index (χ4n) is 1.88. The van der Waals surface area contributed by atoms with Crippen LogP contribution in [0.1, 0.15) is 31.2 Å². The summed E-state index contributed by atoms with van der Waals surface area (Å²) in [4.78, 5) is 1.99. The minimum atomic E-state index is -0.545. The number of hydrogen-bond donors (Lipinski definition) is 1. The molecule has 2 aromatic rings. The first-order valence-electron chi connectivity index (χ1n) is 6.40. The molecule has 0 saturated heterocycles. The molecule has 1 nitrogen and oxygen atoms in total. The molecule has 0 amide bonds. The van der Waals surface area contributed by atoms with Crippen LogP contribution in [0, 0.1) is 11.6 Å². The van der Waals surface area contributed by atoms with Gasteiger partial charge in [0.15, 0.2) is 0 Å². The number of rotatable bonds is 5. The lowest BCUT2D eigenvalue weighted by atomic mass is 10.1. The first-order valence-corrected chi connectivity index (χ1v) is 7.22. The third-order valence-corrected chi connectivity index (χ3v) is 4.25. The van der Waals surface area contributed by atoms with Gasteiger partial charge in [0.2, 0.25) is 0 Å². The quantitative estimate of drug-likeness (QED) is 0.833. The summed E-state index contributed by atoms with van der Waals surface area (Å²) in [7, 11) is 0. The summed E-state index contributed by atoms with van der Waals surface area (Å²) in [6.45, 7) is 5.17.